The van der Waals surface area contributed by atoms with Crippen LogP contribution in [0.25, 0.3) is 28.0 Å². The Bertz CT molecular complexity index is 1840. The molecule has 2 unspecified atom stereocenters. The van der Waals surface area contributed by atoms with Crippen LogP contribution in [0.5, 0.6) is 0 Å². The van der Waals surface area contributed by atoms with Gasteiger partial charge in [0.25, 0.3) is 0 Å². The van der Waals surface area contributed by atoms with Crippen molar-refractivity contribution >= 4 is 16.8 Å². The molecule has 0 aliphatic heterocycles. The Morgan fingerprint density at radius 2 is 1.28 bits per heavy atom. The lowest BCUT2D eigenvalue weighted by Gasteiger charge is -2.23. The molecule has 2 aliphatic rings. The van der Waals surface area contributed by atoms with Crippen molar-refractivity contribution in [2.75, 3.05) is 0 Å². The zero-order chi connectivity index (χ0) is 36.5. The van der Waals surface area contributed by atoms with E-state index in [2.05, 4.69) is 147 Å². The molecule has 0 N–H and O–H groups in total. The van der Waals surface area contributed by atoms with Gasteiger partial charge in [-0.1, -0.05) is 182 Å². The van der Waals surface area contributed by atoms with E-state index in [0.717, 1.165) is 25.7 Å². The zero-order valence-electron chi connectivity index (χ0n) is 32.7. The fourth-order valence-corrected chi connectivity index (χ4v) is 6.86. The molecule has 0 amide bonds. The van der Waals surface area contributed by atoms with Gasteiger partial charge in [-0.05, 0) is 118 Å². The predicted molar refractivity (Wildman–Crippen MR) is 226 cm³/mol. The smallest absolute Gasteiger partial charge is 0.0340 e. The maximum absolute atomic E-state index is 2.49. The van der Waals surface area contributed by atoms with Crippen LogP contribution in [0.1, 0.15) is 119 Å². The van der Waals surface area contributed by atoms with E-state index < -0.39 is 0 Å². The Labute approximate surface area is 305 Å². The number of benzene rings is 5. The summed E-state index contributed by atoms with van der Waals surface area (Å²) in [4.78, 5) is 0. The van der Waals surface area contributed by atoms with E-state index in [1.165, 1.54) is 66.4 Å². The highest BCUT2D eigenvalue weighted by Crippen LogP contribution is 2.39. The first kappa shape index (κ1) is 40.0. The second kappa shape index (κ2) is 20.9. The van der Waals surface area contributed by atoms with E-state index in [0.29, 0.717) is 5.92 Å². The molecule has 0 fully saturated rings. The first-order valence-electron chi connectivity index (χ1n) is 19.4. The minimum absolute atomic E-state index is 0.149. The van der Waals surface area contributed by atoms with Crippen molar-refractivity contribution in [1.82, 2.24) is 0 Å². The molecule has 5 aromatic rings. The normalized spacial score (nSPS) is 14.3. The molecule has 262 valence electrons. The lowest BCUT2D eigenvalue weighted by molar-refractivity contribution is 0.654. The van der Waals surface area contributed by atoms with Gasteiger partial charge in [0.05, 0.1) is 0 Å². The number of allylic oxidation sites excluding steroid dienone is 5. The topological polar surface area (TPSA) is 0 Å². The van der Waals surface area contributed by atoms with Crippen molar-refractivity contribution in [2.45, 2.75) is 101 Å². The number of hydrogen-bond acceptors (Lipinski definition) is 0. The van der Waals surface area contributed by atoms with Gasteiger partial charge in [0.15, 0.2) is 0 Å². The molecular formula is C50H62. The first-order valence-corrected chi connectivity index (χ1v) is 19.4. The molecular weight excluding hydrogens is 601 g/mol. The van der Waals surface area contributed by atoms with Crippen molar-refractivity contribution in [3.05, 3.63) is 172 Å². The van der Waals surface area contributed by atoms with Crippen LogP contribution in [-0.2, 0) is 12.8 Å². The van der Waals surface area contributed by atoms with Gasteiger partial charge in [0, 0.05) is 5.92 Å². The molecule has 0 heterocycles. The van der Waals surface area contributed by atoms with Crippen LogP contribution in [-0.4, -0.2) is 0 Å². The lowest BCUT2D eigenvalue weighted by atomic mass is 9.80. The van der Waals surface area contributed by atoms with Gasteiger partial charge in [-0.3, -0.25) is 0 Å². The number of hydrogen-bond donors (Lipinski definition) is 0. The highest BCUT2D eigenvalue weighted by molar-refractivity contribution is 5.87. The third-order valence-corrected chi connectivity index (χ3v) is 9.20. The fraction of sp³-hybridized carbons (Fsp3) is 0.320. The van der Waals surface area contributed by atoms with Gasteiger partial charge in [0.1, 0.15) is 0 Å². The van der Waals surface area contributed by atoms with E-state index >= 15 is 0 Å². The maximum atomic E-state index is 2.49. The minimum atomic E-state index is 0.149. The maximum Gasteiger partial charge on any atom is 0.0340 e. The van der Waals surface area contributed by atoms with Gasteiger partial charge < -0.3 is 0 Å². The first-order chi connectivity index (χ1) is 24.6. The summed E-state index contributed by atoms with van der Waals surface area (Å²) in [5, 5.41) is 2.66. The van der Waals surface area contributed by atoms with Crippen LogP contribution in [0.15, 0.2) is 127 Å². The predicted octanol–water partition coefficient (Wildman–Crippen LogP) is 15.0. The second-order valence-electron chi connectivity index (χ2n) is 12.2. The summed E-state index contributed by atoms with van der Waals surface area (Å²) in [5.41, 5.74) is 13.6. The minimum Gasteiger partial charge on any atom is -0.0840 e. The molecule has 0 spiro atoms. The summed E-state index contributed by atoms with van der Waals surface area (Å²) in [5.74, 6) is 0.688. The highest BCUT2D eigenvalue weighted by atomic mass is 14.2. The fourth-order valence-electron chi connectivity index (χ4n) is 6.86. The molecule has 0 saturated heterocycles. The lowest BCUT2D eigenvalue weighted by Crippen LogP contribution is -2.07. The van der Waals surface area contributed by atoms with Crippen LogP contribution in [0.3, 0.4) is 0 Å². The Morgan fingerprint density at radius 3 is 1.98 bits per heavy atom. The Kier molecular flexibility index (Phi) is 16.8. The Morgan fingerprint density at radius 1 is 0.600 bits per heavy atom. The summed E-state index contributed by atoms with van der Waals surface area (Å²) >= 11 is 0. The number of fused-ring (bicyclic) bond motifs is 2. The Hall–Kier alpha value is -4.42. The van der Waals surface area contributed by atoms with Gasteiger partial charge >= 0.3 is 0 Å². The van der Waals surface area contributed by atoms with E-state index in [4.69, 9.17) is 0 Å². The molecule has 0 saturated carbocycles. The number of aryl methyl sites for hydroxylation is 3. The SMILES string of the molecule is CC.CC.CC.CC.Cc1ccc(C(c2ccc(CC3C=CC=CC3)c(-c3ccccc3C)c2)c2ccc3cc4c(cc3c2)C=CCC4)cc1. The molecule has 7 rings (SSSR count). The molecule has 0 nitrogen and oxygen atoms in total. The summed E-state index contributed by atoms with van der Waals surface area (Å²) < 4.78 is 0. The third kappa shape index (κ3) is 9.85. The van der Waals surface area contributed by atoms with Crippen molar-refractivity contribution in [1.29, 1.82) is 0 Å². The van der Waals surface area contributed by atoms with Crippen LogP contribution < -0.4 is 0 Å². The molecule has 2 aliphatic carbocycles. The molecule has 0 heteroatoms. The molecule has 0 aromatic heterocycles. The molecule has 50 heavy (non-hydrogen) atoms. The number of rotatable bonds is 6. The summed E-state index contributed by atoms with van der Waals surface area (Å²) in [6.45, 7) is 20.4. The largest absolute Gasteiger partial charge is 0.0840 e. The average Bonchev–Trinajstić information content (AvgIpc) is 3.19. The molecule has 5 aromatic carbocycles. The van der Waals surface area contributed by atoms with Gasteiger partial charge in [-0.2, -0.15) is 0 Å². The van der Waals surface area contributed by atoms with Crippen LogP contribution in [0.4, 0.5) is 0 Å². The van der Waals surface area contributed by atoms with Crippen LogP contribution in [0, 0.1) is 19.8 Å². The van der Waals surface area contributed by atoms with Crippen molar-refractivity contribution in [3.63, 3.8) is 0 Å². The standard InChI is InChI=1S/C42H38.4C2H6/c1-29-16-18-32(19-17-29)42(37-22-20-35-25-33-13-7-8-14-34(33)26-39(35)27-37)38-23-21-36(24-31-11-4-3-5-12-31)41(28-38)40-15-9-6-10-30(40)2;4*1-2/h3-6,8-11,14-23,25-28,31,42H,7,12-13,24H2,1-2H3;4*1-2H3. The molecule has 0 bridgehead atoms. The molecule has 2 atom stereocenters. The van der Waals surface area contributed by atoms with Crippen molar-refractivity contribution in [3.8, 4) is 11.1 Å². The second-order valence-corrected chi connectivity index (χ2v) is 12.2. The van der Waals surface area contributed by atoms with Crippen molar-refractivity contribution in [2.24, 2.45) is 5.92 Å². The van der Waals surface area contributed by atoms with Crippen LogP contribution in [0.2, 0.25) is 0 Å². The van der Waals surface area contributed by atoms with E-state index in [9.17, 15) is 0 Å². The van der Waals surface area contributed by atoms with Gasteiger partial charge in [0.2, 0.25) is 0 Å². The average molecular weight is 663 g/mol. The van der Waals surface area contributed by atoms with E-state index in [-0.39, 0.29) is 5.92 Å². The summed E-state index contributed by atoms with van der Waals surface area (Å²) in [6.07, 6.45) is 18.1. The summed E-state index contributed by atoms with van der Waals surface area (Å²) in [7, 11) is 0. The summed E-state index contributed by atoms with van der Waals surface area (Å²) in [6, 6.07) is 37.2. The van der Waals surface area contributed by atoms with Crippen molar-refractivity contribution < 1.29 is 0 Å². The third-order valence-electron chi connectivity index (χ3n) is 9.20. The zero-order valence-corrected chi connectivity index (χ0v) is 32.7. The van der Waals surface area contributed by atoms with Gasteiger partial charge in [-0.25, -0.2) is 0 Å². The van der Waals surface area contributed by atoms with Gasteiger partial charge in [-0.15, -0.1) is 0 Å². The van der Waals surface area contributed by atoms with E-state index in [1.807, 2.05) is 55.4 Å². The molecule has 0 radical (unpaired) electrons. The Balaban J connectivity index is 0.000000791. The monoisotopic (exact) mass is 662 g/mol. The van der Waals surface area contributed by atoms with E-state index in [1.54, 1.807) is 0 Å². The quantitative estimate of drug-likeness (QED) is 0.159. The highest BCUT2D eigenvalue weighted by Gasteiger charge is 2.21. The van der Waals surface area contributed by atoms with Crippen LogP contribution >= 0.6 is 0 Å².